The van der Waals surface area contributed by atoms with Crippen molar-refractivity contribution in [2.24, 2.45) is 5.73 Å². The Morgan fingerprint density at radius 1 is 1.12 bits per heavy atom. The van der Waals surface area contributed by atoms with E-state index >= 15 is 0 Å². The molecule has 0 atom stereocenters. The van der Waals surface area contributed by atoms with Crippen LogP contribution in [0.4, 0.5) is 4.39 Å². The first-order valence-corrected chi connectivity index (χ1v) is 6.56. The van der Waals surface area contributed by atoms with Crippen LogP contribution < -0.4 is 5.73 Å². The van der Waals surface area contributed by atoms with Crippen LogP contribution in [0.1, 0.15) is 48.8 Å². The summed E-state index contributed by atoms with van der Waals surface area (Å²) in [4.78, 5) is 0. The number of benzene rings is 1. The molecule has 1 aromatic rings. The Morgan fingerprint density at radius 3 is 2.12 bits per heavy atom. The summed E-state index contributed by atoms with van der Waals surface area (Å²) in [6.45, 7) is 4.37. The van der Waals surface area contributed by atoms with Crippen molar-refractivity contribution in [1.82, 2.24) is 0 Å². The molecule has 94 valence electrons. The van der Waals surface area contributed by atoms with Crippen LogP contribution >= 0.6 is 0 Å². The van der Waals surface area contributed by atoms with E-state index in [9.17, 15) is 4.39 Å². The third-order valence-corrected chi connectivity index (χ3v) is 4.25. The van der Waals surface area contributed by atoms with Crippen molar-refractivity contribution in [3.8, 4) is 0 Å². The minimum atomic E-state index is -0.0725. The first-order valence-electron chi connectivity index (χ1n) is 6.56. The Kier molecular flexibility index (Phi) is 3.53. The Hall–Kier alpha value is -0.890. The molecule has 0 saturated heterocycles. The molecular formula is C15H22FN. The van der Waals surface area contributed by atoms with Crippen molar-refractivity contribution in [2.75, 3.05) is 6.54 Å². The van der Waals surface area contributed by atoms with Gasteiger partial charge in [-0.25, -0.2) is 4.39 Å². The van der Waals surface area contributed by atoms with Gasteiger partial charge in [0.1, 0.15) is 5.82 Å². The molecule has 0 amide bonds. The molecule has 0 bridgehead atoms. The topological polar surface area (TPSA) is 26.0 Å². The molecule has 2 heteroatoms. The SMILES string of the molecule is Cc1cc(C2(CN)CCCCC2)cc(C)c1F. The molecule has 2 rings (SSSR count). The zero-order chi connectivity index (χ0) is 12.5. The maximum atomic E-state index is 13.7. The highest BCUT2D eigenvalue weighted by atomic mass is 19.1. The molecule has 0 spiro atoms. The van der Waals surface area contributed by atoms with E-state index in [4.69, 9.17) is 5.73 Å². The van der Waals surface area contributed by atoms with Crippen LogP contribution in [-0.4, -0.2) is 6.54 Å². The third kappa shape index (κ3) is 2.23. The summed E-state index contributed by atoms with van der Waals surface area (Å²) >= 11 is 0. The van der Waals surface area contributed by atoms with Gasteiger partial charge in [0.2, 0.25) is 0 Å². The fraction of sp³-hybridized carbons (Fsp3) is 0.600. The summed E-state index contributed by atoms with van der Waals surface area (Å²) in [6, 6.07) is 4.00. The highest BCUT2D eigenvalue weighted by Gasteiger charge is 2.33. The Labute approximate surface area is 103 Å². The van der Waals surface area contributed by atoms with E-state index in [-0.39, 0.29) is 11.2 Å². The third-order valence-electron chi connectivity index (χ3n) is 4.25. The van der Waals surface area contributed by atoms with Crippen molar-refractivity contribution in [1.29, 1.82) is 0 Å². The zero-order valence-electron chi connectivity index (χ0n) is 10.9. The Balaban J connectivity index is 2.43. The first kappa shape index (κ1) is 12.6. The van der Waals surface area contributed by atoms with Crippen LogP contribution in [0.3, 0.4) is 0 Å². The predicted molar refractivity (Wildman–Crippen MR) is 69.7 cm³/mol. The van der Waals surface area contributed by atoms with Crippen LogP contribution in [0, 0.1) is 19.7 Å². The van der Waals surface area contributed by atoms with Gasteiger partial charge < -0.3 is 5.73 Å². The molecule has 2 N–H and O–H groups in total. The smallest absolute Gasteiger partial charge is 0.129 e. The highest BCUT2D eigenvalue weighted by Crippen LogP contribution is 2.39. The van der Waals surface area contributed by atoms with Crippen molar-refractivity contribution in [3.05, 3.63) is 34.6 Å². The van der Waals surface area contributed by atoms with Crippen molar-refractivity contribution >= 4 is 0 Å². The standard InChI is InChI=1S/C15H22FN/c1-11-8-13(9-12(2)14(11)16)15(10-17)6-4-3-5-7-15/h8-9H,3-7,10,17H2,1-2H3. The van der Waals surface area contributed by atoms with Crippen LogP contribution in [0.25, 0.3) is 0 Å². The molecule has 0 aliphatic heterocycles. The van der Waals surface area contributed by atoms with Gasteiger partial charge in [-0.3, -0.25) is 0 Å². The molecule has 17 heavy (non-hydrogen) atoms. The van der Waals surface area contributed by atoms with Crippen LogP contribution in [0.2, 0.25) is 0 Å². The van der Waals surface area contributed by atoms with Gasteiger partial charge in [0.15, 0.2) is 0 Å². The van der Waals surface area contributed by atoms with E-state index in [0.717, 1.165) is 24.0 Å². The summed E-state index contributed by atoms with van der Waals surface area (Å²) in [5, 5.41) is 0. The molecule has 0 unspecified atom stereocenters. The van der Waals surface area contributed by atoms with Gasteiger partial charge in [-0.05, 0) is 43.4 Å². The number of hydrogen-bond donors (Lipinski definition) is 1. The van der Waals surface area contributed by atoms with Crippen LogP contribution in [-0.2, 0) is 5.41 Å². The van der Waals surface area contributed by atoms with Gasteiger partial charge in [0.05, 0.1) is 0 Å². The summed E-state index contributed by atoms with van der Waals surface area (Å²) < 4.78 is 13.7. The van der Waals surface area contributed by atoms with Gasteiger partial charge in [-0.2, -0.15) is 0 Å². The second kappa shape index (κ2) is 4.77. The Morgan fingerprint density at radius 2 is 1.65 bits per heavy atom. The van der Waals surface area contributed by atoms with Crippen molar-refractivity contribution < 1.29 is 4.39 Å². The molecule has 1 aromatic carbocycles. The van der Waals surface area contributed by atoms with E-state index in [1.54, 1.807) is 0 Å². The lowest BCUT2D eigenvalue weighted by Crippen LogP contribution is -2.37. The largest absolute Gasteiger partial charge is 0.330 e. The second-order valence-corrected chi connectivity index (χ2v) is 5.47. The molecular weight excluding hydrogens is 213 g/mol. The van der Waals surface area contributed by atoms with Crippen molar-refractivity contribution in [2.45, 2.75) is 51.4 Å². The minimum Gasteiger partial charge on any atom is -0.330 e. The van der Waals surface area contributed by atoms with E-state index in [2.05, 4.69) is 0 Å². The molecule has 1 fully saturated rings. The number of hydrogen-bond acceptors (Lipinski definition) is 1. The fourth-order valence-corrected chi connectivity index (χ4v) is 3.09. The van der Waals surface area contributed by atoms with Crippen LogP contribution in [0.5, 0.6) is 0 Å². The Bertz CT molecular complexity index is 382. The maximum Gasteiger partial charge on any atom is 0.129 e. The molecule has 1 aliphatic rings. The normalized spacial score (nSPS) is 19.3. The number of halogens is 1. The van der Waals surface area contributed by atoms with Gasteiger partial charge in [-0.15, -0.1) is 0 Å². The van der Waals surface area contributed by atoms with Gasteiger partial charge in [0.25, 0.3) is 0 Å². The van der Waals surface area contributed by atoms with E-state index in [1.165, 1.54) is 24.8 Å². The quantitative estimate of drug-likeness (QED) is 0.832. The number of rotatable bonds is 2. The van der Waals surface area contributed by atoms with Crippen molar-refractivity contribution in [3.63, 3.8) is 0 Å². The molecule has 0 heterocycles. The summed E-state index contributed by atoms with van der Waals surface area (Å²) in [6.07, 6.45) is 6.09. The van der Waals surface area contributed by atoms with E-state index in [0.29, 0.717) is 6.54 Å². The fourth-order valence-electron chi connectivity index (χ4n) is 3.09. The average Bonchev–Trinajstić information content (AvgIpc) is 2.36. The average molecular weight is 235 g/mol. The zero-order valence-corrected chi connectivity index (χ0v) is 10.9. The number of aryl methyl sites for hydroxylation is 2. The lowest BCUT2D eigenvalue weighted by atomic mass is 9.69. The molecule has 1 saturated carbocycles. The highest BCUT2D eigenvalue weighted by molar-refractivity contribution is 5.36. The molecule has 0 radical (unpaired) electrons. The van der Waals surface area contributed by atoms with Gasteiger partial charge in [-0.1, -0.05) is 31.4 Å². The van der Waals surface area contributed by atoms with E-state index < -0.39 is 0 Å². The molecule has 1 nitrogen and oxygen atoms in total. The lowest BCUT2D eigenvalue weighted by Gasteiger charge is -2.37. The predicted octanol–water partition coefficient (Wildman–Crippen LogP) is 3.60. The first-order chi connectivity index (χ1) is 8.09. The number of nitrogens with two attached hydrogens (primary N) is 1. The van der Waals surface area contributed by atoms with Gasteiger partial charge in [0, 0.05) is 12.0 Å². The summed E-state index contributed by atoms with van der Waals surface area (Å²) in [7, 11) is 0. The lowest BCUT2D eigenvalue weighted by molar-refractivity contribution is 0.300. The van der Waals surface area contributed by atoms with E-state index in [1.807, 2.05) is 26.0 Å². The van der Waals surface area contributed by atoms with Gasteiger partial charge >= 0.3 is 0 Å². The molecule has 1 aliphatic carbocycles. The monoisotopic (exact) mass is 235 g/mol. The summed E-state index contributed by atoms with van der Waals surface area (Å²) in [5.74, 6) is -0.0725. The molecule has 0 aromatic heterocycles. The summed E-state index contributed by atoms with van der Waals surface area (Å²) in [5.41, 5.74) is 8.86. The minimum absolute atomic E-state index is 0.0725. The second-order valence-electron chi connectivity index (χ2n) is 5.47. The van der Waals surface area contributed by atoms with Crippen LogP contribution in [0.15, 0.2) is 12.1 Å². The maximum absolute atomic E-state index is 13.7.